The Labute approximate surface area is 545 Å². The molecule has 4 nitrogen and oxygen atoms in total. The number of hydrogen-bond acceptors (Lipinski definition) is 0. The van der Waals surface area contributed by atoms with Gasteiger partial charge in [0.2, 0.25) is 0 Å². The number of hydrogen-bond donors (Lipinski definition) is 4. The van der Waals surface area contributed by atoms with E-state index in [0.29, 0.717) is 0 Å². The van der Waals surface area contributed by atoms with Crippen LogP contribution in [0.1, 0.15) is 267 Å². The topological polar surface area (TPSA) is 63.2 Å². The van der Waals surface area contributed by atoms with Crippen LogP contribution in [0.15, 0.2) is 103 Å². The summed E-state index contributed by atoms with van der Waals surface area (Å²) in [4.78, 5) is 17.3. The summed E-state index contributed by atoms with van der Waals surface area (Å²) in [5.41, 5.74) is 28.4. The Bertz CT molecular complexity index is 3870. The summed E-state index contributed by atoms with van der Waals surface area (Å²) < 4.78 is 0. The quantitative estimate of drug-likeness (QED) is 0.0202. The van der Waals surface area contributed by atoms with Crippen LogP contribution in [-0.2, 0) is 56.0 Å². The number of rotatable bonds is 24. The first-order valence-corrected chi connectivity index (χ1v) is 35.3. The van der Waals surface area contributed by atoms with E-state index in [-0.39, 0.29) is 30.3 Å². The SMILES string of the molecule is CCCCCCc1c2[nH]c(c1C)/C(c1cccc(C#CP(c3ccccc3)c3ccccc3)c1)=c1\[nH]/c(c(CCCCCC)c1C)=C\c1[nH]c(c(C)c1CCCCCC)/C(c1cc(C(C)(C)C)cc(C(C)(C)C)c1)=c1\[nH]/c(c(CCCCCC)c1C)=C\2.[Zn]. The first-order chi connectivity index (χ1) is 41.9. The van der Waals surface area contributed by atoms with Gasteiger partial charge in [-0.2, -0.15) is 0 Å². The number of benzene rings is 4. The fourth-order valence-corrected chi connectivity index (χ4v) is 15.1. The smallest absolute Gasteiger partial charge is 0.0518 e. The van der Waals surface area contributed by atoms with E-state index in [1.807, 2.05) is 0 Å². The molecular weight excluding hydrogens is 1140 g/mol. The molecule has 88 heavy (non-hydrogen) atoms. The number of aromatic nitrogens is 4. The number of H-pyrrole nitrogens is 4. The van der Waals surface area contributed by atoms with Crippen LogP contribution < -0.4 is 32.0 Å². The molecule has 8 aromatic rings. The molecule has 0 saturated heterocycles. The van der Waals surface area contributed by atoms with E-state index in [4.69, 9.17) is 0 Å². The summed E-state index contributed by atoms with van der Waals surface area (Å²) >= 11 is 0. The monoisotopic (exact) mass is 1240 g/mol. The van der Waals surface area contributed by atoms with Gasteiger partial charge in [0.05, 0.1) is 22.1 Å². The number of nitrogens with one attached hydrogen (secondary N) is 4. The van der Waals surface area contributed by atoms with Crippen molar-refractivity contribution < 1.29 is 19.5 Å². The largest absolute Gasteiger partial charge is 0.354 e. The van der Waals surface area contributed by atoms with E-state index < -0.39 is 7.92 Å². The molecule has 4 aromatic carbocycles. The van der Waals surface area contributed by atoms with Gasteiger partial charge in [-0.05, 0) is 192 Å². The van der Waals surface area contributed by atoms with E-state index in [1.165, 1.54) is 210 Å². The van der Waals surface area contributed by atoms with Gasteiger partial charge in [0, 0.05) is 66.2 Å². The fraction of sp³-hybridized carbons (Fsp3) is 0.439. The van der Waals surface area contributed by atoms with Crippen molar-refractivity contribution in [3.63, 3.8) is 0 Å². The third-order valence-corrected chi connectivity index (χ3v) is 20.8. The van der Waals surface area contributed by atoms with Gasteiger partial charge in [0.1, 0.15) is 0 Å². The minimum absolute atomic E-state index is 0. The second kappa shape index (κ2) is 31.2. The van der Waals surface area contributed by atoms with Crippen molar-refractivity contribution in [1.82, 2.24) is 19.9 Å². The van der Waals surface area contributed by atoms with Gasteiger partial charge < -0.3 is 19.9 Å². The number of aromatic amines is 4. The molecule has 6 heteroatoms. The summed E-state index contributed by atoms with van der Waals surface area (Å²) in [6.07, 6.45) is 28.4. The summed E-state index contributed by atoms with van der Waals surface area (Å²) in [5.74, 6) is 3.78. The van der Waals surface area contributed by atoms with Crippen LogP contribution in [0.3, 0.4) is 0 Å². The molecule has 4 N–H and O–H groups in total. The zero-order chi connectivity index (χ0) is 61.8. The van der Waals surface area contributed by atoms with Crippen LogP contribution in [0.5, 0.6) is 0 Å². The van der Waals surface area contributed by atoms with Gasteiger partial charge in [0.15, 0.2) is 0 Å². The first-order valence-electron chi connectivity index (χ1n) is 33.9. The van der Waals surface area contributed by atoms with Gasteiger partial charge in [-0.3, -0.25) is 0 Å². The molecule has 0 radical (unpaired) electrons. The predicted octanol–water partition coefficient (Wildman–Crippen LogP) is 18.2. The second-order valence-electron chi connectivity index (χ2n) is 27.5. The van der Waals surface area contributed by atoms with Gasteiger partial charge in [-0.25, -0.2) is 0 Å². The van der Waals surface area contributed by atoms with Crippen molar-refractivity contribution in [2.24, 2.45) is 0 Å². The molecular formula is C82H105N4PZn. The zero-order valence-electron chi connectivity index (χ0n) is 56.8. The van der Waals surface area contributed by atoms with Crippen LogP contribution in [0.2, 0.25) is 0 Å². The minimum Gasteiger partial charge on any atom is -0.354 e. The first kappa shape index (κ1) is 68.0. The summed E-state index contributed by atoms with van der Waals surface area (Å²) in [6.45, 7) is 33.3. The third-order valence-electron chi connectivity index (χ3n) is 18.8. The Morgan fingerprint density at radius 2 is 0.795 bits per heavy atom. The van der Waals surface area contributed by atoms with Gasteiger partial charge in [-0.1, -0.05) is 249 Å². The van der Waals surface area contributed by atoms with Gasteiger partial charge in [0.25, 0.3) is 0 Å². The molecule has 1 aliphatic heterocycles. The molecule has 0 saturated carbocycles. The standard InChI is InChI=1S/C82H105N4P.Zn/c1-15-19-23-33-44-67-56(5)77-75(61-39-37-38-60(50-61)48-49-87(65-40-29-27-30-41-65)66-42-31-28-32-43-66)78-57(6)68(45-34-24-20-16-2)72(84-78)55-74-70(47-36-26-22-18-4)59(8)80(86-74)76(62-51-63(81(9,10)11)53-64(52-62)82(12,13)14)79-58(7)69(46-35-25-21-17-3)73(85-79)54-71(67)83-77;/h27-32,37-43,50-55,83-86H,15-26,33-36,44-47H2,1-14H3;/b71-54-,72-55?,73-54?,74-55-,77-75-,78-75?,79-76?,80-76-;. The van der Waals surface area contributed by atoms with Crippen molar-refractivity contribution in [1.29, 1.82) is 0 Å². The van der Waals surface area contributed by atoms with E-state index in [9.17, 15) is 0 Å². The zero-order valence-corrected chi connectivity index (χ0v) is 60.6. The van der Waals surface area contributed by atoms with Crippen molar-refractivity contribution in [2.45, 2.75) is 236 Å². The van der Waals surface area contributed by atoms with Crippen molar-refractivity contribution in [3.05, 3.63) is 220 Å². The Kier molecular flexibility index (Phi) is 24.1. The fourth-order valence-electron chi connectivity index (χ4n) is 13.4. The Morgan fingerprint density at radius 3 is 1.19 bits per heavy atom. The van der Waals surface area contributed by atoms with Crippen molar-refractivity contribution in [2.75, 3.05) is 0 Å². The van der Waals surface area contributed by atoms with Crippen LogP contribution in [0.25, 0.3) is 23.3 Å². The average Bonchev–Trinajstić information content (AvgIpc) is 1.76. The van der Waals surface area contributed by atoms with E-state index in [0.717, 1.165) is 56.9 Å². The summed E-state index contributed by atoms with van der Waals surface area (Å²) in [5, 5.41) is 7.40. The van der Waals surface area contributed by atoms with Gasteiger partial charge in [-0.15, -0.1) is 0 Å². The Hall–Kier alpha value is -5.91. The maximum atomic E-state index is 4.35. The van der Waals surface area contributed by atoms with Crippen molar-refractivity contribution >= 4 is 41.8 Å². The van der Waals surface area contributed by atoms with Crippen molar-refractivity contribution in [3.8, 4) is 11.6 Å². The third kappa shape index (κ3) is 16.0. The summed E-state index contributed by atoms with van der Waals surface area (Å²) in [7, 11) is -0.905. The minimum atomic E-state index is -0.905. The second-order valence-corrected chi connectivity index (χ2v) is 29.4. The molecule has 0 unspecified atom stereocenters. The molecule has 0 spiro atoms. The molecule has 0 atom stereocenters. The van der Waals surface area contributed by atoms with E-state index >= 15 is 0 Å². The molecule has 8 bridgehead atoms. The van der Waals surface area contributed by atoms with Crippen LogP contribution >= 0.6 is 7.92 Å². The van der Waals surface area contributed by atoms with Crippen LogP contribution in [0.4, 0.5) is 0 Å². The molecule has 5 heterocycles. The number of fused-ring (bicyclic) bond motifs is 8. The van der Waals surface area contributed by atoms with Crippen LogP contribution in [0, 0.1) is 39.3 Å². The molecule has 9 rings (SSSR count). The predicted molar refractivity (Wildman–Crippen MR) is 379 cm³/mol. The van der Waals surface area contributed by atoms with Crippen LogP contribution in [-0.4, -0.2) is 19.9 Å². The maximum absolute atomic E-state index is 4.35. The molecule has 460 valence electrons. The van der Waals surface area contributed by atoms with Gasteiger partial charge >= 0.3 is 0 Å². The Morgan fingerprint density at radius 1 is 0.398 bits per heavy atom. The Balaban J connectivity index is 0.0000100. The molecule has 0 aliphatic carbocycles. The van der Waals surface area contributed by atoms with E-state index in [2.05, 4.69) is 244 Å². The average molecular weight is 1240 g/mol. The summed E-state index contributed by atoms with van der Waals surface area (Å²) in [6, 6.07) is 38.5. The normalized spacial score (nSPS) is 14.5. The molecule has 0 amide bonds. The molecule has 1 aliphatic rings. The maximum Gasteiger partial charge on any atom is 0.0518 e. The molecule has 0 fully saturated rings. The molecule has 4 aromatic heterocycles. The number of unbranched alkanes of at least 4 members (excludes halogenated alkanes) is 12. The van der Waals surface area contributed by atoms with E-state index in [1.54, 1.807) is 0 Å².